The van der Waals surface area contributed by atoms with Crippen LogP contribution < -0.4 is 15.5 Å². The fourth-order valence-electron chi connectivity index (χ4n) is 3.13. The maximum absolute atomic E-state index is 12.3. The van der Waals surface area contributed by atoms with Crippen molar-refractivity contribution in [3.8, 4) is 0 Å². The molecule has 0 bridgehead atoms. The molecule has 0 spiro atoms. The van der Waals surface area contributed by atoms with Gasteiger partial charge < -0.3 is 15.5 Å². The Balaban J connectivity index is 1.78. The molecule has 0 saturated carbocycles. The highest BCUT2D eigenvalue weighted by Gasteiger charge is 2.24. The Morgan fingerprint density at radius 3 is 2.81 bits per heavy atom. The Labute approximate surface area is 130 Å². The second kappa shape index (κ2) is 6.67. The highest BCUT2D eigenvalue weighted by atomic mass is 35.5. The molecule has 2 fully saturated rings. The number of hydrogen-bond donors (Lipinski definition) is 2. The van der Waals surface area contributed by atoms with E-state index in [9.17, 15) is 4.79 Å². The molecular weight excluding hydrogens is 286 g/mol. The second-order valence-electron chi connectivity index (χ2n) is 5.89. The second-order valence-corrected chi connectivity index (χ2v) is 6.32. The Hall–Kier alpha value is -1.26. The summed E-state index contributed by atoms with van der Waals surface area (Å²) in [6.45, 7) is 3.79. The first kappa shape index (κ1) is 14.7. The van der Waals surface area contributed by atoms with E-state index in [4.69, 9.17) is 11.6 Å². The maximum atomic E-state index is 12.3. The van der Waals surface area contributed by atoms with Crippen LogP contribution in [0.15, 0.2) is 18.2 Å². The zero-order valence-corrected chi connectivity index (χ0v) is 13.0. The van der Waals surface area contributed by atoms with Crippen LogP contribution >= 0.6 is 11.6 Å². The average Bonchev–Trinajstić information content (AvgIpc) is 3.03. The van der Waals surface area contributed by atoms with E-state index >= 15 is 0 Å². The maximum Gasteiger partial charge on any atom is 0.228 e. The summed E-state index contributed by atoms with van der Waals surface area (Å²) in [6, 6.07) is 5.79. The average molecular weight is 308 g/mol. The van der Waals surface area contributed by atoms with Crippen molar-refractivity contribution in [2.75, 3.05) is 36.4 Å². The van der Waals surface area contributed by atoms with Crippen molar-refractivity contribution in [1.82, 2.24) is 5.32 Å². The number of halogens is 1. The number of amides is 1. The van der Waals surface area contributed by atoms with Gasteiger partial charge in [0.15, 0.2) is 0 Å². The molecule has 114 valence electrons. The first-order valence-corrected chi connectivity index (χ1v) is 8.18. The monoisotopic (exact) mass is 307 g/mol. The van der Waals surface area contributed by atoms with E-state index in [1.165, 1.54) is 19.3 Å². The highest BCUT2D eigenvalue weighted by molar-refractivity contribution is 6.31. The Bertz CT molecular complexity index is 508. The first-order chi connectivity index (χ1) is 10.2. The number of hydrogen-bond acceptors (Lipinski definition) is 3. The van der Waals surface area contributed by atoms with Gasteiger partial charge in [0.2, 0.25) is 5.91 Å². The number of anilines is 2. The normalized spacial score (nSPS) is 22.3. The number of carbonyl (C=O) groups excluding carboxylic acids is 1. The van der Waals surface area contributed by atoms with Gasteiger partial charge in [-0.25, -0.2) is 0 Å². The Kier molecular flexibility index (Phi) is 4.66. The van der Waals surface area contributed by atoms with Gasteiger partial charge in [-0.05, 0) is 50.4 Å². The standard InChI is InChI=1S/C16H22ClN3O/c17-13-4-5-15(20-8-2-1-3-9-20)14(10-13)19-16(21)12-6-7-18-11-12/h4-5,10,12,18H,1-3,6-9,11H2,(H,19,21). The van der Waals surface area contributed by atoms with Gasteiger partial charge in [0, 0.05) is 24.7 Å². The molecule has 1 atom stereocenters. The predicted octanol–water partition coefficient (Wildman–Crippen LogP) is 2.88. The van der Waals surface area contributed by atoms with Gasteiger partial charge in [0.05, 0.1) is 17.3 Å². The third-order valence-electron chi connectivity index (χ3n) is 4.34. The fourth-order valence-corrected chi connectivity index (χ4v) is 3.30. The first-order valence-electron chi connectivity index (χ1n) is 7.80. The SMILES string of the molecule is O=C(Nc1cc(Cl)ccc1N1CCCCC1)C1CCNC1. The molecule has 1 amide bonds. The van der Waals surface area contributed by atoms with Crippen molar-refractivity contribution in [1.29, 1.82) is 0 Å². The topological polar surface area (TPSA) is 44.4 Å². The number of piperidine rings is 1. The summed E-state index contributed by atoms with van der Waals surface area (Å²) < 4.78 is 0. The molecule has 2 aliphatic heterocycles. The van der Waals surface area contributed by atoms with Crippen molar-refractivity contribution in [3.05, 3.63) is 23.2 Å². The van der Waals surface area contributed by atoms with E-state index in [-0.39, 0.29) is 11.8 Å². The molecule has 1 unspecified atom stereocenters. The van der Waals surface area contributed by atoms with Crippen molar-refractivity contribution in [3.63, 3.8) is 0 Å². The van der Waals surface area contributed by atoms with Crippen LogP contribution in [-0.2, 0) is 4.79 Å². The summed E-state index contributed by atoms with van der Waals surface area (Å²) in [4.78, 5) is 14.7. The quantitative estimate of drug-likeness (QED) is 0.902. The highest BCUT2D eigenvalue weighted by Crippen LogP contribution is 2.31. The molecule has 0 aromatic heterocycles. The molecule has 0 radical (unpaired) electrons. The van der Waals surface area contributed by atoms with E-state index in [1.54, 1.807) is 0 Å². The van der Waals surface area contributed by atoms with Crippen LogP contribution in [0.1, 0.15) is 25.7 Å². The van der Waals surface area contributed by atoms with Crippen LogP contribution in [0.3, 0.4) is 0 Å². The minimum atomic E-state index is 0.0678. The van der Waals surface area contributed by atoms with Crippen molar-refractivity contribution in [2.45, 2.75) is 25.7 Å². The zero-order valence-electron chi connectivity index (χ0n) is 12.2. The lowest BCUT2D eigenvalue weighted by Gasteiger charge is -2.30. The van der Waals surface area contributed by atoms with Crippen LogP contribution in [0.5, 0.6) is 0 Å². The summed E-state index contributed by atoms with van der Waals surface area (Å²) in [5.41, 5.74) is 1.94. The summed E-state index contributed by atoms with van der Waals surface area (Å²) in [7, 11) is 0. The molecule has 2 saturated heterocycles. The molecule has 0 aliphatic carbocycles. The van der Waals surface area contributed by atoms with Gasteiger partial charge >= 0.3 is 0 Å². The van der Waals surface area contributed by atoms with Crippen LogP contribution in [0.2, 0.25) is 5.02 Å². The molecule has 5 heteroatoms. The lowest BCUT2D eigenvalue weighted by molar-refractivity contribution is -0.119. The third-order valence-corrected chi connectivity index (χ3v) is 4.58. The van der Waals surface area contributed by atoms with Gasteiger partial charge in [-0.1, -0.05) is 11.6 Å². The van der Waals surface area contributed by atoms with E-state index in [0.29, 0.717) is 5.02 Å². The predicted molar refractivity (Wildman–Crippen MR) is 87.1 cm³/mol. The van der Waals surface area contributed by atoms with E-state index < -0.39 is 0 Å². The summed E-state index contributed by atoms with van der Waals surface area (Å²) in [6.07, 6.45) is 4.62. The molecule has 1 aromatic carbocycles. The largest absolute Gasteiger partial charge is 0.370 e. The van der Waals surface area contributed by atoms with E-state index in [2.05, 4.69) is 15.5 Å². The number of nitrogens with zero attached hydrogens (tertiary/aromatic N) is 1. The van der Waals surface area contributed by atoms with Gasteiger partial charge in [0.25, 0.3) is 0 Å². The van der Waals surface area contributed by atoms with Gasteiger partial charge in [-0.2, -0.15) is 0 Å². The van der Waals surface area contributed by atoms with Gasteiger partial charge in [0.1, 0.15) is 0 Å². The van der Waals surface area contributed by atoms with Gasteiger partial charge in [-0.15, -0.1) is 0 Å². The van der Waals surface area contributed by atoms with Crippen molar-refractivity contribution >= 4 is 28.9 Å². The minimum Gasteiger partial charge on any atom is -0.370 e. The summed E-state index contributed by atoms with van der Waals surface area (Å²) in [5.74, 6) is 0.165. The molecule has 2 N–H and O–H groups in total. The summed E-state index contributed by atoms with van der Waals surface area (Å²) in [5, 5.41) is 6.98. The lowest BCUT2D eigenvalue weighted by Crippen LogP contribution is -2.31. The molecule has 21 heavy (non-hydrogen) atoms. The molecule has 1 aromatic rings. The van der Waals surface area contributed by atoms with Crippen LogP contribution in [-0.4, -0.2) is 32.1 Å². The molecule has 2 aliphatic rings. The Morgan fingerprint density at radius 1 is 1.29 bits per heavy atom. The molecule has 4 nitrogen and oxygen atoms in total. The molecular formula is C16H22ClN3O. The zero-order chi connectivity index (χ0) is 14.7. The van der Waals surface area contributed by atoms with E-state index in [0.717, 1.165) is 44.0 Å². The van der Waals surface area contributed by atoms with E-state index in [1.807, 2.05) is 18.2 Å². The van der Waals surface area contributed by atoms with Gasteiger partial charge in [-0.3, -0.25) is 4.79 Å². The van der Waals surface area contributed by atoms with Crippen LogP contribution in [0.25, 0.3) is 0 Å². The minimum absolute atomic E-state index is 0.0678. The molecule has 2 heterocycles. The summed E-state index contributed by atoms with van der Waals surface area (Å²) >= 11 is 6.12. The number of carbonyl (C=O) groups is 1. The van der Waals surface area contributed by atoms with Crippen LogP contribution in [0, 0.1) is 5.92 Å². The third kappa shape index (κ3) is 3.50. The number of nitrogens with one attached hydrogen (secondary N) is 2. The lowest BCUT2D eigenvalue weighted by atomic mass is 10.1. The van der Waals surface area contributed by atoms with Crippen molar-refractivity contribution < 1.29 is 4.79 Å². The van der Waals surface area contributed by atoms with Crippen molar-refractivity contribution in [2.24, 2.45) is 5.92 Å². The smallest absolute Gasteiger partial charge is 0.228 e. The number of benzene rings is 1. The van der Waals surface area contributed by atoms with Crippen LogP contribution in [0.4, 0.5) is 11.4 Å². The fraction of sp³-hybridized carbons (Fsp3) is 0.562. The number of rotatable bonds is 3. The molecule has 3 rings (SSSR count). The Morgan fingerprint density at radius 2 is 2.10 bits per heavy atom.